The second-order valence-electron chi connectivity index (χ2n) is 3.82. The normalized spacial score (nSPS) is 21.9. The second kappa shape index (κ2) is 4.43. The lowest BCUT2D eigenvalue weighted by molar-refractivity contribution is 0.105. The minimum atomic E-state index is -2.06. The summed E-state index contributed by atoms with van der Waals surface area (Å²) in [4.78, 5) is 10.9. The fraction of sp³-hybridized carbons (Fsp3) is 0.417. The lowest BCUT2D eigenvalue weighted by Gasteiger charge is -2.11. The maximum absolute atomic E-state index is 10.9. The van der Waals surface area contributed by atoms with Crippen molar-refractivity contribution in [3.63, 3.8) is 0 Å². The molecule has 1 aliphatic heterocycles. The molecule has 0 aromatic heterocycles. The van der Waals surface area contributed by atoms with Crippen LogP contribution in [0.4, 0.5) is 4.79 Å². The Hall–Kier alpha value is -1.71. The first-order chi connectivity index (χ1) is 8.37. The zero-order chi connectivity index (χ0) is 13.3. The zero-order valence-corrected chi connectivity index (χ0v) is 9.24. The molecule has 1 atom stereocenters. The van der Waals surface area contributed by atoms with Gasteiger partial charge in [-0.05, 0) is 37.1 Å². The summed E-state index contributed by atoms with van der Waals surface area (Å²) in [5.74, 6) is 0.431. The second-order valence-corrected chi connectivity index (χ2v) is 3.82. The van der Waals surface area contributed by atoms with Crippen LogP contribution < -0.4 is 10.1 Å². The van der Waals surface area contributed by atoms with Crippen molar-refractivity contribution in [2.45, 2.75) is 20.0 Å². The van der Waals surface area contributed by atoms with E-state index in [-0.39, 0.29) is 6.54 Å². The number of ether oxygens (including phenoxy) is 2. The van der Waals surface area contributed by atoms with E-state index in [0.717, 1.165) is 11.1 Å². The third kappa shape index (κ3) is 2.66. The number of hydrogen-bond acceptors (Lipinski definition) is 3. The molecule has 1 heterocycles. The Morgan fingerprint density at radius 3 is 2.75 bits per heavy atom. The third-order valence-corrected chi connectivity index (χ3v) is 2.18. The molecule has 2 rings (SSSR count). The number of carbonyl (C=O) groups is 1. The van der Waals surface area contributed by atoms with Crippen molar-refractivity contribution in [2.24, 2.45) is 0 Å². The molecule has 86 valence electrons. The fourth-order valence-electron chi connectivity index (χ4n) is 1.58. The van der Waals surface area contributed by atoms with Crippen molar-refractivity contribution in [1.82, 2.24) is 5.32 Å². The number of rotatable bonds is 3. The van der Waals surface area contributed by atoms with Crippen LogP contribution >= 0.6 is 0 Å². The summed E-state index contributed by atoms with van der Waals surface area (Å²) in [5, 5.41) is 2.40. The summed E-state index contributed by atoms with van der Waals surface area (Å²) in [6, 6.07) is 5.46. The van der Waals surface area contributed by atoms with E-state index in [1.165, 1.54) is 0 Å². The predicted octanol–water partition coefficient (Wildman–Crippen LogP) is 1.79. The van der Waals surface area contributed by atoms with Crippen LogP contribution in [-0.2, 0) is 4.74 Å². The van der Waals surface area contributed by atoms with E-state index in [4.69, 9.17) is 12.2 Å². The predicted molar refractivity (Wildman–Crippen MR) is 59.7 cm³/mol. The molecule has 0 aliphatic carbocycles. The summed E-state index contributed by atoms with van der Waals surface area (Å²) in [5.41, 5.74) is 1.98. The maximum atomic E-state index is 10.9. The molecule has 0 radical (unpaired) electrons. The molecule has 0 saturated carbocycles. The standard InChI is InChI=1S/C12H15NO3/c1-8-3-9(2)5-10(4-8)15-7-11-6-13-12(14)16-11/h3-5,11H,6-7H2,1-2H3,(H,13,14)/i7D2. The molecular weight excluding hydrogens is 206 g/mol. The molecule has 1 aliphatic rings. The molecule has 4 nitrogen and oxygen atoms in total. The number of cyclic esters (lactones) is 1. The molecule has 1 aromatic rings. The van der Waals surface area contributed by atoms with Gasteiger partial charge in [-0.3, -0.25) is 0 Å². The molecule has 1 saturated heterocycles. The van der Waals surface area contributed by atoms with E-state index >= 15 is 0 Å². The van der Waals surface area contributed by atoms with E-state index < -0.39 is 18.8 Å². The number of aryl methyl sites for hydroxylation is 2. The van der Waals surface area contributed by atoms with Crippen molar-refractivity contribution in [3.8, 4) is 5.75 Å². The Morgan fingerprint density at radius 2 is 2.19 bits per heavy atom. The van der Waals surface area contributed by atoms with Gasteiger partial charge in [0.1, 0.15) is 12.3 Å². The number of alkyl carbamates (subject to hydrolysis) is 1. The summed E-state index contributed by atoms with van der Waals surface area (Å²) in [6.45, 7) is 1.87. The highest BCUT2D eigenvalue weighted by Gasteiger charge is 2.22. The van der Waals surface area contributed by atoms with Gasteiger partial charge in [-0.25, -0.2) is 4.79 Å². The molecule has 1 unspecified atom stereocenters. The van der Waals surface area contributed by atoms with Gasteiger partial charge in [-0.2, -0.15) is 0 Å². The van der Waals surface area contributed by atoms with Crippen LogP contribution in [-0.4, -0.2) is 25.3 Å². The van der Waals surface area contributed by atoms with Gasteiger partial charge in [0, 0.05) is 0 Å². The van der Waals surface area contributed by atoms with Gasteiger partial charge in [0.25, 0.3) is 0 Å². The Morgan fingerprint density at radius 1 is 1.50 bits per heavy atom. The van der Waals surface area contributed by atoms with E-state index in [1.807, 2.05) is 19.9 Å². The first kappa shape index (κ1) is 8.44. The lowest BCUT2D eigenvalue weighted by atomic mass is 10.1. The number of nitrogens with one attached hydrogen (secondary N) is 1. The van der Waals surface area contributed by atoms with E-state index in [2.05, 4.69) is 5.32 Å². The summed E-state index contributed by atoms with van der Waals surface area (Å²) in [7, 11) is 0. The highest BCUT2D eigenvalue weighted by molar-refractivity contribution is 5.69. The van der Waals surface area contributed by atoms with Crippen LogP contribution in [0.1, 0.15) is 13.9 Å². The van der Waals surface area contributed by atoms with Crippen LogP contribution in [0.5, 0.6) is 5.75 Å². The first-order valence-electron chi connectivity index (χ1n) is 6.08. The van der Waals surface area contributed by atoms with Crippen molar-refractivity contribution < 1.29 is 17.0 Å². The molecule has 1 fully saturated rings. The maximum Gasteiger partial charge on any atom is 0.407 e. The smallest absolute Gasteiger partial charge is 0.407 e. The first-order valence-corrected chi connectivity index (χ1v) is 5.08. The molecule has 4 heteroatoms. The van der Waals surface area contributed by atoms with Gasteiger partial charge in [-0.15, -0.1) is 0 Å². The van der Waals surface area contributed by atoms with E-state index in [1.54, 1.807) is 12.1 Å². The molecule has 1 N–H and O–H groups in total. The Labute approximate surface area is 97.4 Å². The number of benzene rings is 1. The minimum Gasteiger partial charge on any atom is -0.490 e. The monoisotopic (exact) mass is 223 g/mol. The van der Waals surface area contributed by atoms with Gasteiger partial charge in [0.2, 0.25) is 0 Å². The van der Waals surface area contributed by atoms with Crippen LogP contribution in [0.3, 0.4) is 0 Å². The van der Waals surface area contributed by atoms with Gasteiger partial charge in [0.05, 0.1) is 9.29 Å². The number of carbonyl (C=O) groups excluding carboxylic acids is 1. The van der Waals surface area contributed by atoms with E-state index in [0.29, 0.717) is 5.75 Å². The molecule has 16 heavy (non-hydrogen) atoms. The summed E-state index contributed by atoms with van der Waals surface area (Å²) >= 11 is 0. The Bertz CT molecular complexity index is 456. The topological polar surface area (TPSA) is 47.6 Å². The molecule has 0 spiro atoms. The van der Waals surface area contributed by atoms with Gasteiger partial charge in [0.15, 0.2) is 6.10 Å². The van der Waals surface area contributed by atoms with Crippen molar-refractivity contribution in [1.29, 1.82) is 0 Å². The average molecular weight is 223 g/mol. The van der Waals surface area contributed by atoms with Crippen LogP contribution in [0, 0.1) is 13.8 Å². The van der Waals surface area contributed by atoms with Crippen molar-refractivity contribution in [2.75, 3.05) is 13.1 Å². The van der Waals surface area contributed by atoms with Crippen LogP contribution in [0.25, 0.3) is 0 Å². The van der Waals surface area contributed by atoms with Crippen LogP contribution in [0.2, 0.25) is 0 Å². The Balaban J connectivity index is 2.14. The quantitative estimate of drug-likeness (QED) is 0.849. The number of hydrogen-bond donors (Lipinski definition) is 1. The molecule has 1 aromatic carbocycles. The zero-order valence-electron chi connectivity index (χ0n) is 11.2. The fourth-order valence-corrected chi connectivity index (χ4v) is 1.58. The molecular formula is C12H15NO3. The van der Waals surface area contributed by atoms with Gasteiger partial charge in [-0.1, -0.05) is 6.07 Å². The summed E-state index contributed by atoms with van der Waals surface area (Å²) < 4.78 is 25.8. The van der Waals surface area contributed by atoms with Gasteiger partial charge < -0.3 is 14.8 Å². The largest absolute Gasteiger partial charge is 0.490 e. The highest BCUT2D eigenvalue weighted by Crippen LogP contribution is 2.16. The molecule has 0 bridgehead atoms. The van der Waals surface area contributed by atoms with Crippen molar-refractivity contribution in [3.05, 3.63) is 29.3 Å². The lowest BCUT2D eigenvalue weighted by Crippen LogP contribution is -2.21. The highest BCUT2D eigenvalue weighted by atomic mass is 16.6. The van der Waals surface area contributed by atoms with Crippen molar-refractivity contribution >= 4 is 6.09 Å². The minimum absolute atomic E-state index is 0.108. The Kier molecular flexibility index (Phi) is 2.34. The average Bonchev–Trinajstić information content (AvgIpc) is 2.62. The third-order valence-electron chi connectivity index (χ3n) is 2.18. The van der Waals surface area contributed by atoms with Crippen LogP contribution in [0.15, 0.2) is 18.2 Å². The SMILES string of the molecule is [2H]C([2H])(Oc1cc(C)cc(C)c1)C1CNC(=O)O1. The summed E-state index contributed by atoms with van der Waals surface area (Å²) in [6.07, 6.45) is -1.56. The van der Waals surface area contributed by atoms with Gasteiger partial charge >= 0.3 is 6.09 Å². The number of amides is 1. The van der Waals surface area contributed by atoms with E-state index in [9.17, 15) is 4.79 Å². The molecule has 1 amide bonds.